The van der Waals surface area contributed by atoms with Crippen LogP contribution >= 0.6 is 0 Å². The van der Waals surface area contributed by atoms with Crippen molar-refractivity contribution < 1.29 is 4.74 Å². The molecule has 0 radical (unpaired) electrons. The minimum absolute atomic E-state index is 0.463. The molecule has 4 heteroatoms. The molecule has 0 saturated heterocycles. The van der Waals surface area contributed by atoms with Gasteiger partial charge >= 0.3 is 0 Å². The van der Waals surface area contributed by atoms with E-state index in [0.29, 0.717) is 17.7 Å². The molecule has 3 atom stereocenters. The summed E-state index contributed by atoms with van der Waals surface area (Å²) in [4.78, 5) is 8.81. The maximum Gasteiger partial charge on any atom is 0.235 e. The smallest absolute Gasteiger partial charge is 0.235 e. The molecule has 4 nitrogen and oxygen atoms in total. The Hall–Kier alpha value is -1.16. The lowest BCUT2D eigenvalue weighted by Gasteiger charge is -2.34. The van der Waals surface area contributed by atoms with Crippen molar-refractivity contribution in [2.75, 3.05) is 20.7 Å². The molecule has 2 rings (SSSR count). The predicted molar refractivity (Wildman–Crippen MR) is 71.8 cm³/mol. The highest BCUT2D eigenvalue weighted by Gasteiger charge is 2.32. The molecular weight excluding hydrogens is 226 g/mol. The van der Waals surface area contributed by atoms with Crippen LogP contribution in [-0.4, -0.2) is 30.7 Å². The minimum Gasteiger partial charge on any atom is -0.480 e. The highest BCUT2D eigenvalue weighted by Crippen LogP contribution is 2.41. The number of hydrogen-bond donors (Lipinski definition) is 1. The van der Waals surface area contributed by atoms with E-state index in [0.717, 1.165) is 18.2 Å². The average molecular weight is 249 g/mol. The molecule has 3 unspecified atom stereocenters. The summed E-state index contributed by atoms with van der Waals surface area (Å²) in [6, 6.07) is 0. The number of nitrogens with zero attached hydrogens (tertiary/aromatic N) is 2. The second-order valence-corrected chi connectivity index (χ2v) is 5.29. The van der Waals surface area contributed by atoms with Crippen LogP contribution in [0.15, 0.2) is 12.4 Å². The van der Waals surface area contributed by atoms with Gasteiger partial charge in [-0.3, -0.25) is 4.98 Å². The lowest BCUT2D eigenvalue weighted by atomic mass is 9.73. The number of aromatic nitrogens is 2. The van der Waals surface area contributed by atoms with E-state index in [1.807, 2.05) is 7.05 Å². The molecule has 1 saturated carbocycles. The van der Waals surface area contributed by atoms with Crippen molar-refractivity contribution in [2.24, 2.45) is 11.8 Å². The minimum atomic E-state index is 0.463. The molecule has 100 valence electrons. The van der Waals surface area contributed by atoms with Crippen LogP contribution in [0.3, 0.4) is 0 Å². The fraction of sp³-hybridized carbons (Fsp3) is 0.714. The lowest BCUT2D eigenvalue weighted by Crippen LogP contribution is -2.30. The van der Waals surface area contributed by atoms with Gasteiger partial charge in [-0.2, -0.15) is 0 Å². The first-order valence-electron chi connectivity index (χ1n) is 6.75. The van der Waals surface area contributed by atoms with Crippen LogP contribution in [0.25, 0.3) is 0 Å². The zero-order valence-corrected chi connectivity index (χ0v) is 11.5. The van der Waals surface area contributed by atoms with E-state index >= 15 is 0 Å². The Labute approximate surface area is 109 Å². The molecule has 1 aromatic heterocycles. The van der Waals surface area contributed by atoms with Gasteiger partial charge in [0.2, 0.25) is 5.88 Å². The molecule has 1 N–H and O–H groups in total. The first-order valence-corrected chi connectivity index (χ1v) is 6.75. The van der Waals surface area contributed by atoms with E-state index < -0.39 is 0 Å². The summed E-state index contributed by atoms with van der Waals surface area (Å²) < 4.78 is 5.37. The topological polar surface area (TPSA) is 47.0 Å². The molecule has 0 aromatic carbocycles. The van der Waals surface area contributed by atoms with E-state index in [1.165, 1.54) is 19.3 Å². The second-order valence-electron chi connectivity index (χ2n) is 5.29. The van der Waals surface area contributed by atoms with E-state index in [9.17, 15) is 0 Å². The van der Waals surface area contributed by atoms with E-state index in [4.69, 9.17) is 4.74 Å². The lowest BCUT2D eigenvalue weighted by molar-refractivity contribution is 0.235. The Bertz CT molecular complexity index is 383. The van der Waals surface area contributed by atoms with Crippen molar-refractivity contribution >= 4 is 0 Å². The third-order valence-corrected chi connectivity index (χ3v) is 3.96. The van der Waals surface area contributed by atoms with Crippen LogP contribution in [-0.2, 0) is 0 Å². The van der Waals surface area contributed by atoms with Crippen LogP contribution in [0.4, 0.5) is 0 Å². The highest BCUT2D eigenvalue weighted by molar-refractivity contribution is 5.23. The standard InChI is InChI=1S/C14H23N3O/c1-10-4-5-11(9-15-2)12(8-10)13-14(18-3)17-7-6-16-13/h6-7,10-12,15H,4-5,8-9H2,1-3H3. The largest absolute Gasteiger partial charge is 0.480 e. The summed E-state index contributed by atoms with van der Waals surface area (Å²) in [6.45, 7) is 3.36. The maximum absolute atomic E-state index is 5.37. The van der Waals surface area contributed by atoms with Crippen LogP contribution in [0.2, 0.25) is 0 Å². The normalized spacial score (nSPS) is 28.1. The zero-order valence-electron chi connectivity index (χ0n) is 11.5. The molecule has 1 heterocycles. The van der Waals surface area contributed by atoms with E-state index in [1.54, 1.807) is 19.5 Å². The summed E-state index contributed by atoms with van der Waals surface area (Å²) in [5.74, 6) is 2.55. The van der Waals surface area contributed by atoms with Gasteiger partial charge in [-0.25, -0.2) is 4.98 Å². The average Bonchev–Trinajstić information content (AvgIpc) is 2.41. The van der Waals surface area contributed by atoms with Gasteiger partial charge in [0.25, 0.3) is 0 Å². The Kier molecular flexibility index (Phi) is 4.53. The van der Waals surface area contributed by atoms with Gasteiger partial charge in [0.15, 0.2) is 0 Å². The zero-order chi connectivity index (χ0) is 13.0. The van der Waals surface area contributed by atoms with Crippen LogP contribution in [0, 0.1) is 11.8 Å². The Balaban J connectivity index is 2.25. The van der Waals surface area contributed by atoms with Crippen LogP contribution < -0.4 is 10.1 Å². The van der Waals surface area contributed by atoms with Crippen molar-refractivity contribution in [3.05, 3.63) is 18.1 Å². The SMILES string of the molecule is CNCC1CCC(C)CC1c1nccnc1OC. The summed E-state index contributed by atoms with van der Waals surface area (Å²) in [7, 11) is 3.69. The van der Waals surface area contributed by atoms with Crippen molar-refractivity contribution in [1.29, 1.82) is 0 Å². The Morgan fingerprint density at radius 1 is 1.33 bits per heavy atom. The fourth-order valence-corrected chi connectivity index (χ4v) is 3.03. The number of methoxy groups -OCH3 is 1. The predicted octanol–water partition coefficient (Wildman–Crippen LogP) is 2.22. The van der Waals surface area contributed by atoms with Crippen LogP contribution in [0.5, 0.6) is 5.88 Å². The molecule has 1 fully saturated rings. The summed E-state index contributed by atoms with van der Waals surface area (Å²) in [6.07, 6.45) is 7.22. The van der Waals surface area contributed by atoms with Gasteiger partial charge in [-0.05, 0) is 38.3 Å². The van der Waals surface area contributed by atoms with Gasteiger partial charge in [-0.1, -0.05) is 13.3 Å². The molecular formula is C14H23N3O. The van der Waals surface area contributed by atoms with Crippen molar-refractivity contribution in [3.8, 4) is 5.88 Å². The molecule has 18 heavy (non-hydrogen) atoms. The van der Waals surface area contributed by atoms with E-state index in [-0.39, 0.29) is 0 Å². The number of rotatable bonds is 4. The van der Waals surface area contributed by atoms with Gasteiger partial charge in [0, 0.05) is 18.3 Å². The third kappa shape index (κ3) is 2.80. The van der Waals surface area contributed by atoms with Gasteiger partial charge in [0.05, 0.1) is 7.11 Å². The molecule has 1 aliphatic carbocycles. The molecule has 0 amide bonds. The highest BCUT2D eigenvalue weighted by atomic mass is 16.5. The van der Waals surface area contributed by atoms with Gasteiger partial charge < -0.3 is 10.1 Å². The number of nitrogens with one attached hydrogen (secondary N) is 1. The first kappa shape index (κ1) is 13.3. The Morgan fingerprint density at radius 2 is 2.11 bits per heavy atom. The first-order chi connectivity index (χ1) is 8.76. The van der Waals surface area contributed by atoms with Gasteiger partial charge in [-0.15, -0.1) is 0 Å². The van der Waals surface area contributed by atoms with Crippen LogP contribution in [0.1, 0.15) is 37.8 Å². The van der Waals surface area contributed by atoms with Gasteiger partial charge in [0.1, 0.15) is 5.69 Å². The maximum atomic E-state index is 5.37. The quantitative estimate of drug-likeness (QED) is 0.889. The summed E-state index contributed by atoms with van der Waals surface area (Å²) in [5, 5.41) is 3.30. The monoisotopic (exact) mass is 249 g/mol. The summed E-state index contributed by atoms with van der Waals surface area (Å²) in [5.41, 5.74) is 1.03. The fourth-order valence-electron chi connectivity index (χ4n) is 3.03. The van der Waals surface area contributed by atoms with Crippen molar-refractivity contribution in [1.82, 2.24) is 15.3 Å². The third-order valence-electron chi connectivity index (χ3n) is 3.96. The van der Waals surface area contributed by atoms with E-state index in [2.05, 4.69) is 22.2 Å². The number of ether oxygens (including phenoxy) is 1. The Morgan fingerprint density at radius 3 is 2.83 bits per heavy atom. The van der Waals surface area contributed by atoms with Crippen molar-refractivity contribution in [2.45, 2.75) is 32.1 Å². The molecule has 1 aromatic rings. The second kappa shape index (κ2) is 6.14. The molecule has 0 bridgehead atoms. The number of hydrogen-bond acceptors (Lipinski definition) is 4. The molecule has 1 aliphatic rings. The molecule has 0 spiro atoms. The summed E-state index contributed by atoms with van der Waals surface area (Å²) >= 11 is 0. The molecule has 0 aliphatic heterocycles. The van der Waals surface area contributed by atoms with Crippen molar-refractivity contribution in [3.63, 3.8) is 0 Å².